The number of nitrogens with one attached hydrogen (secondary N) is 1. The molecule has 0 aliphatic carbocycles. The summed E-state index contributed by atoms with van der Waals surface area (Å²) in [4.78, 5) is 13.4. The topological polar surface area (TPSA) is 307 Å². The average Bonchev–Trinajstić information content (AvgIpc) is 3.71. The number of aliphatic hydroxyl groups excluding tert-OH is 11. The van der Waals surface area contributed by atoms with E-state index in [0.717, 1.165) is 70.6 Å². The van der Waals surface area contributed by atoms with Crippen molar-refractivity contribution in [3.8, 4) is 0 Å². The van der Waals surface area contributed by atoms with Crippen LogP contribution in [-0.4, -0.2) is 193 Å². The summed E-state index contributed by atoms with van der Waals surface area (Å²) < 4.78 is 34.3. The molecule has 0 aromatic heterocycles. The van der Waals surface area contributed by atoms with Gasteiger partial charge in [0.2, 0.25) is 5.91 Å². The first kappa shape index (κ1) is 78.7. The molecule has 17 unspecified atom stereocenters. The van der Waals surface area contributed by atoms with Crippen LogP contribution in [0.25, 0.3) is 0 Å². The van der Waals surface area contributed by atoms with Gasteiger partial charge in [-0.2, -0.15) is 0 Å². The highest BCUT2D eigenvalue weighted by molar-refractivity contribution is 5.76. The lowest BCUT2D eigenvalue weighted by Crippen LogP contribution is -2.66. The molecule has 3 aliphatic heterocycles. The summed E-state index contributed by atoms with van der Waals surface area (Å²) in [5.74, 6) is -0.277. The number of aliphatic hydroxyl groups is 11. The van der Waals surface area contributed by atoms with Gasteiger partial charge in [0.05, 0.1) is 38.6 Å². The summed E-state index contributed by atoms with van der Waals surface area (Å²) in [6.07, 6.45) is 33.6. The molecule has 17 atom stereocenters. The van der Waals surface area contributed by atoms with Gasteiger partial charge in [0, 0.05) is 6.42 Å². The second-order valence-corrected chi connectivity index (χ2v) is 24.3. The van der Waals surface area contributed by atoms with Crippen molar-refractivity contribution in [2.24, 2.45) is 0 Å². The maximum atomic E-state index is 13.4. The molecule has 0 radical (unpaired) electrons. The number of ether oxygens (including phenoxy) is 6. The number of hydrogen-bond donors (Lipinski definition) is 12. The zero-order chi connectivity index (χ0) is 63.3. The molecule has 0 aromatic rings. The van der Waals surface area contributed by atoms with E-state index in [-0.39, 0.29) is 18.9 Å². The fraction of sp³-hybridized carbons (Fsp3) is 0.838. The van der Waals surface area contributed by atoms with Crippen molar-refractivity contribution in [3.05, 3.63) is 60.8 Å². The maximum Gasteiger partial charge on any atom is 0.220 e. The van der Waals surface area contributed by atoms with Gasteiger partial charge in [0.25, 0.3) is 0 Å². The minimum absolute atomic E-state index is 0.243. The summed E-state index contributed by atoms with van der Waals surface area (Å²) in [5, 5.41) is 120. The van der Waals surface area contributed by atoms with Crippen LogP contribution >= 0.6 is 0 Å². The first-order valence-corrected chi connectivity index (χ1v) is 34.0. The Bertz CT molecular complexity index is 1820. The van der Waals surface area contributed by atoms with Crippen molar-refractivity contribution in [1.82, 2.24) is 5.32 Å². The first-order valence-electron chi connectivity index (χ1n) is 34.0. The minimum Gasteiger partial charge on any atom is -0.394 e. The number of rotatable bonds is 51. The minimum atomic E-state index is -1.98. The third-order valence-electron chi connectivity index (χ3n) is 16.8. The Balaban J connectivity index is 1.36. The lowest BCUT2D eigenvalue weighted by atomic mass is 9.96. The van der Waals surface area contributed by atoms with Gasteiger partial charge in [-0.25, -0.2) is 0 Å². The van der Waals surface area contributed by atoms with E-state index in [0.29, 0.717) is 6.42 Å². The van der Waals surface area contributed by atoms with E-state index in [9.17, 15) is 61.0 Å². The van der Waals surface area contributed by atoms with E-state index in [1.807, 2.05) is 6.08 Å². The van der Waals surface area contributed by atoms with E-state index >= 15 is 0 Å². The lowest BCUT2D eigenvalue weighted by Gasteiger charge is -2.48. The normalized spacial score (nSPS) is 29.0. The van der Waals surface area contributed by atoms with Crippen LogP contribution in [0.2, 0.25) is 0 Å². The Hall–Kier alpha value is -2.51. The number of allylic oxidation sites excluding steroid dienone is 9. The molecule has 3 aliphatic rings. The maximum absolute atomic E-state index is 13.4. The van der Waals surface area contributed by atoms with Crippen molar-refractivity contribution >= 4 is 5.91 Å². The zero-order valence-electron chi connectivity index (χ0n) is 53.2. The van der Waals surface area contributed by atoms with E-state index in [1.54, 1.807) is 6.08 Å². The molecule has 3 saturated heterocycles. The van der Waals surface area contributed by atoms with Crippen molar-refractivity contribution in [2.75, 3.05) is 26.4 Å². The van der Waals surface area contributed by atoms with Gasteiger partial charge in [-0.3, -0.25) is 4.79 Å². The van der Waals surface area contributed by atoms with Crippen molar-refractivity contribution in [1.29, 1.82) is 0 Å². The Morgan fingerprint density at radius 3 is 1.24 bits per heavy atom. The fourth-order valence-corrected chi connectivity index (χ4v) is 11.3. The molecule has 19 nitrogen and oxygen atoms in total. The van der Waals surface area contributed by atoms with Gasteiger partial charge in [-0.05, 0) is 57.8 Å². The van der Waals surface area contributed by atoms with E-state index < -0.39 is 124 Å². The van der Waals surface area contributed by atoms with Crippen LogP contribution < -0.4 is 5.32 Å². The Morgan fingerprint density at radius 1 is 0.425 bits per heavy atom. The summed E-state index contributed by atoms with van der Waals surface area (Å²) in [6, 6.07) is -0.972. The molecule has 87 heavy (non-hydrogen) atoms. The molecule has 0 aromatic carbocycles. The van der Waals surface area contributed by atoms with Crippen LogP contribution in [0.4, 0.5) is 0 Å². The van der Waals surface area contributed by atoms with Crippen molar-refractivity contribution in [3.63, 3.8) is 0 Å². The molecule has 3 rings (SSSR count). The third-order valence-corrected chi connectivity index (χ3v) is 16.8. The van der Waals surface area contributed by atoms with Crippen LogP contribution in [0.5, 0.6) is 0 Å². The molecule has 0 spiro atoms. The number of carbonyl (C=O) groups is 1. The molecule has 1 amide bonds. The SMILES string of the molecule is CC/C=C\C/C=C\C/C=C\C/C=C\CCCCCCCCCCCCCCCCCCCCC(=O)NC(COC1OC(CO)C(OC2OC(CO)C(OC3OC(CO)C(O)C(O)C3O)C(O)C2O)C(O)C1O)C(O)/C=C/CCCCCCCCCCC. The second-order valence-electron chi connectivity index (χ2n) is 24.3. The number of unbranched alkanes of at least 4 members (excludes halogenated alkanes) is 27. The van der Waals surface area contributed by atoms with Crippen LogP contribution in [-0.2, 0) is 33.2 Å². The Kier molecular flexibility index (Phi) is 45.3. The van der Waals surface area contributed by atoms with Crippen LogP contribution in [0.15, 0.2) is 60.8 Å². The third kappa shape index (κ3) is 32.6. The zero-order valence-corrected chi connectivity index (χ0v) is 53.2. The quantitative estimate of drug-likeness (QED) is 0.0201. The number of hydrogen-bond acceptors (Lipinski definition) is 18. The summed E-state index contributed by atoms with van der Waals surface area (Å²) in [5.41, 5.74) is 0. The van der Waals surface area contributed by atoms with Crippen molar-refractivity contribution < 1.29 is 89.4 Å². The fourth-order valence-electron chi connectivity index (χ4n) is 11.3. The number of carbonyl (C=O) groups excluding carboxylic acids is 1. The highest BCUT2D eigenvalue weighted by Crippen LogP contribution is 2.33. The lowest BCUT2D eigenvalue weighted by molar-refractivity contribution is -0.379. The highest BCUT2D eigenvalue weighted by Gasteiger charge is 2.53. The number of amides is 1. The van der Waals surface area contributed by atoms with Gasteiger partial charge < -0.3 is 89.9 Å². The van der Waals surface area contributed by atoms with Gasteiger partial charge in [0.1, 0.15) is 73.2 Å². The predicted octanol–water partition coefficient (Wildman–Crippen LogP) is 8.38. The smallest absolute Gasteiger partial charge is 0.220 e. The van der Waals surface area contributed by atoms with Crippen LogP contribution in [0.1, 0.15) is 232 Å². The summed E-state index contributed by atoms with van der Waals surface area (Å²) in [7, 11) is 0. The molecule has 506 valence electrons. The Labute approximate surface area is 522 Å². The van der Waals surface area contributed by atoms with Gasteiger partial charge in [-0.15, -0.1) is 0 Å². The molecular weight excluding hydrogens is 1120 g/mol. The molecule has 3 heterocycles. The van der Waals surface area contributed by atoms with Gasteiger partial charge >= 0.3 is 0 Å². The highest BCUT2D eigenvalue weighted by atomic mass is 16.8. The largest absolute Gasteiger partial charge is 0.394 e. The first-order chi connectivity index (χ1) is 42.3. The van der Waals surface area contributed by atoms with Crippen LogP contribution in [0, 0.1) is 0 Å². The van der Waals surface area contributed by atoms with Gasteiger partial charge in [-0.1, -0.05) is 229 Å². The summed E-state index contributed by atoms with van der Waals surface area (Å²) in [6.45, 7) is 1.60. The van der Waals surface area contributed by atoms with E-state index in [1.165, 1.54) is 135 Å². The monoisotopic (exact) mass is 1240 g/mol. The molecule has 0 saturated carbocycles. The van der Waals surface area contributed by atoms with E-state index in [2.05, 4.69) is 67.8 Å². The van der Waals surface area contributed by atoms with Gasteiger partial charge in [0.15, 0.2) is 18.9 Å². The summed E-state index contributed by atoms with van der Waals surface area (Å²) >= 11 is 0. The average molecular weight is 1240 g/mol. The molecule has 19 heteroatoms. The predicted molar refractivity (Wildman–Crippen MR) is 337 cm³/mol. The molecule has 3 fully saturated rings. The van der Waals surface area contributed by atoms with Crippen molar-refractivity contribution in [2.45, 2.75) is 336 Å². The molecule has 12 N–H and O–H groups in total. The second kappa shape index (κ2) is 50.1. The van der Waals surface area contributed by atoms with Crippen LogP contribution in [0.3, 0.4) is 0 Å². The van der Waals surface area contributed by atoms with E-state index in [4.69, 9.17) is 28.4 Å². The Morgan fingerprint density at radius 2 is 0.793 bits per heavy atom. The standard InChI is InChI=1S/C68H121NO18/c1-3-5-7-9-11-13-15-16-17-18-19-20-21-22-23-24-25-26-27-28-29-30-31-32-33-34-36-38-40-42-44-46-56(74)69-51(52(73)45-43-41-39-37-35-14-12-10-8-6-4-2)50-82-66-62(80)59(77)64(54(48-71)84-66)87-68-63(81)60(78)65(55(49-72)85-68)86-67-61(79)58(76)57(75)53(47-70)83-67/h5,7,11,13,16-17,19-20,43,45,51-55,57-68,70-73,75-81H,3-4,6,8-10,12,14-15,18,21-42,44,46-50H2,1-2H3,(H,69,74)/b7-5-,13-11-,17-16-,20-19-,45-43+. The molecule has 0 bridgehead atoms. The molecular formula is C68H121NO18.